The van der Waals surface area contributed by atoms with Gasteiger partial charge in [0.15, 0.2) is 0 Å². The van der Waals surface area contributed by atoms with Gasteiger partial charge in [-0.15, -0.1) is 0 Å². The summed E-state index contributed by atoms with van der Waals surface area (Å²) in [5, 5.41) is 5.84. The lowest BCUT2D eigenvalue weighted by Gasteiger charge is -2.44. The Labute approximate surface area is 154 Å². The molecular weight excluding hydrogens is 328 g/mol. The van der Waals surface area contributed by atoms with Crippen LogP contribution in [-0.2, 0) is 15.1 Å². The van der Waals surface area contributed by atoms with Crippen LogP contribution in [0.5, 0.6) is 0 Å². The molecule has 3 heterocycles. The number of carbonyl (C=O) groups is 2. The van der Waals surface area contributed by atoms with Gasteiger partial charge in [-0.25, -0.2) is 0 Å². The maximum atomic E-state index is 13.3. The van der Waals surface area contributed by atoms with E-state index in [-0.39, 0.29) is 23.8 Å². The Morgan fingerprint density at radius 2 is 2.12 bits per heavy atom. The quantitative estimate of drug-likeness (QED) is 0.855. The van der Waals surface area contributed by atoms with Crippen LogP contribution in [0.25, 0.3) is 0 Å². The van der Waals surface area contributed by atoms with Gasteiger partial charge in [-0.05, 0) is 18.4 Å². The lowest BCUT2D eigenvalue weighted by molar-refractivity contribution is -0.138. The van der Waals surface area contributed by atoms with Gasteiger partial charge in [-0.1, -0.05) is 32.0 Å². The summed E-state index contributed by atoms with van der Waals surface area (Å²) in [6, 6.07) is 8.06. The molecule has 140 valence electrons. The third-order valence-corrected chi connectivity index (χ3v) is 6.15. The summed E-state index contributed by atoms with van der Waals surface area (Å²) < 4.78 is 0. The fraction of sp³-hybridized carbons (Fsp3) is 0.600. The molecule has 2 N–H and O–H groups in total. The van der Waals surface area contributed by atoms with Gasteiger partial charge in [0.2, 0.25) is 11.8 Å². The molecular formula is C20H28N4O2. The lowest BCUT2D eigenvalue weighted by atomic mass is 9.78. The van der Waals surface area contributed by atoms with Gasteiger partial charge in [0, 0.05) is 50.5 Å². The van der Waals surface area contributed by atoms with Gasteiger partial charge < -0.3 is 15.5 Å². The summed E-state index contributed by atoms with van der Waals surface area (Å²) in [5.41, 5.74) is 0.931. The van der Waals surface area contributed by atoms with E-state index in [9.17, 15) is 9.59 Å². The van der Waals surface area contributed by atoms with Crippen molar-refractivity contribution in [1.82, 2.24) is 15.1 Å². The number of amides is 2. The van der Waals surface area contributed by atoms with Crippen molar-refractivity contribution in [2.75, 3.05) is 38.5 Å². The zero-order valence-electron chi connectivity index (χ0n) is 15.8. The van der Waals surface area contributed by atoms with Crippen LogP contribution in [0.1, 0.15) is 25.8 Å². The van der Waals surface area contributed by atoms with Crippen molar-refractivity contribution < 1.29 is 9.59 Å². The minimum absolute atomic E-state index is 0.0401. The Morgan fingerprint density at radius 1 is 1.35 bits per heavy atom. The van der Waals surface area contributed by atoms with Crippen molar-refractivity contribution in [2.24, 2.45) is 11.8 Å². The second kappa shape index (κ2) is 6.35. The van der Waals surface area contributed by atoms with Gasteiger partial charge in [-0.2, -0.15) is 0 Å². The molecule has 1 aromatic rings. The molecule has 26 heavy (non-hydrogen) atoms. The highest BCUT2D eigenvalue weighted by Crippen LogP contribution is 2.53. The molecule has 2 saturated heterocycles. The van der Waals surface area contributed by atoms with Gasteiger partial charge in [-0.3, -0.25) is 14.5 Å². The molecule has 3 aliphatic rings. The number of anilines is 1. The van der Waals surface area contributed by atoms with Crippen LogP contribution < -0.4 is 10.6 Å². The summed E-state index contributed by atoms with van der Waals surface area (Å²) in [7, 11) is 1.66. The van der Waals surface area contributed by atoms with E-state index in [2.05, 4.69) is 34.3 Å². The zero-order chi connectivity index (χ0) is 18.5. The van der Waals surface area contributed by atoms with Crippen molar-refractivity contribution >= 4 is 17.5 Å². The van der Waals surface area contributed by atoms with Crippen LogP contribution in [0.3, 0.4) is 0 Å². The second-order valence-electron chi connectivity index (χ2n) is 8.17. The van der Waals surface area contributed by atoms with Gasteiger partial charge in [0.25, 0.3) is 0 Å². The minimum atomic E-state index is -0.870. The fourth-order valence-corrected chi connectivity index (χ4v) is 5.28. The predicted molar refractivity (Wildman–Crippen MR) is 101 cm³/mol. The molecule has 2 amide bonds. The zero-order valence-corrected chi connectivity index (χ0v) is 15.8. The Balaban J connectivity index is 1.75. The van der Waals surface area contributed by atoms with E-state index in [1.54, 1.807) is 7.05 Å². The Hall–Kier alpha value is -1.92. The van der Waals surface area contributed by atoms with E-state index in [1.807, 2.05) is 24.3 Å². The van der Waals surface area contributed by atoms with Crippen molar-refractivity contribution in [3.8, 4) is 0 Å². The number of benzene rings is 1. The summed E-state index contributed by atoms with van der Waals surface area (Å²) >= 11 is 0. The molecule has 0 aliphatic carbocycles. The fourth-order valence-electron chi connectivity index (χ4n) is 5.28. The molecule has 6 nitrogen and oxygen atoms in total. The van der Waals surface area contributed by atoms with E-state index in [1.165, 1.54) is 0 Å². The molecule has 6 heteroatoms. The van der Waals surface area contributed by atoms with Crippen molar-refractivity contribution in [2.45, 2.75) is 31.8 Å². The number of nitrogens with one attached hydrogen (secondary N) is 2. The van der Waals surface area contributed by atoms with Crippen molar-refractivity contribution in [3.05, 3.63) is 29.8 Å². The molecule has 4 rings (SSSR count). The Morgan fingerprint density at radius 3 is 2.85 bits per heavy atom. The predicted octanol–water partition coefficient (Wildman–Crippen LogP) is 1.24. The number of hydrogen-bond acceptors (Lipinski definition) is 4. The van der Waals surface area contributed by atoms with E-state index in [0.29, 0.717) is 5.92 Å². The maximum Gasteiger partial charge on any atom is 0.250 e. The lowest BCUT2D eigenvalue weighted by Crippen LogP contribution is -2.60. The first-order chi connectivity index (χ1) is 12.5. The monoisotopic (exact) mass is 356 g/mol. The highest BCUT2D eigenvalue weighted by molar-refractivity contribution is 6.09. The topological polar surface area (TPSA) is 64.7 Å². The van der Waals surface area contributed by atoms with Crippen LogP contribution in [0.4, 0.5) is 5.69 Å². The third kappa shape index (κ3) is 2.39. The van der Waals surface area contributed by atoms with Gasteiger partial charge in [0.1, 0.15) is 5.54 Å². The standard InChI is InChI=1S/C20H28N4O2/c1-13(2)11-23-8-9-24-14(12-23)10-16(18(25)21-3)20(24)15-6-4-5-7-17(15)22-19(20)26/h4-7,13-14,16H,8-12H2,1-3H3,(H,21,25)(H,22,26)/t14-,16+,20-/m1/s1. The van der Waals surface area contributed by atoms with Crippen LogP contribution in [0.2, 0.25) is 0 Å². The van der Waals surface area contributed by atoms with Crippen LogP contribution in [-0.4, -0.2) is 60.9 Å². The van der Waals surface area contributed by atoms with Gasteiger partial charge in [0.05, 0.1) is 5.92 Å². The molecule has 0 aromatic heterocycles. The SMILES string of the molecule is CNC(=O)[C@@H]1C[C@@H]2CN(CC(C)C)CCN2[C@@]12C(=O)Nc1ccccc12. The highest BCUT2D eigenvalue weighted by Gasteiger charge is 2.65. The largest absolute Gasteiger partial charge is 0.359 e. The summed E-state index contributed by atoms with van der Waals surface area (Å²) in [6.45, 7) is 8.19. The summed E-state index contributed by atoms with van der Waals surface area (Å²) in [4.78, 5) is 30.8. The van der Waals surface area contributed by atoms with Crippen molar-refractivity contribution in [3.63, 3.8) is 0 Å². The second-order valence-corrected chi connectivity index (χ2v) is 8.17. The molecule has 0 unspecified atom stereocenters. The molecule has 3 aliphatic heterocycles. The number of nitrogens with zero attached hydrogens (tertiary/aromatic N) is 2. The summed E-state index contributed by atoms with van der Waals surface area (Å²) in [6.07, 6.45) is 0.718. The Bertz CT molecular complexity index is 734. The first-order valence-electron chi connectivity index (χ1n) is 9.60. The number of rotatable bonds is 3. The molecule has 2 fully saturated rings. The van der Waals surface area contributed by atoms with Crippen LogP contribution in [0.15, 0.2) is 24.3 Å². The molecule has 0 saturated carbocycles. The normalized spacial score (nSPS) is 31.2. The molecule has 0 bridgehead atoms. The van der Waals surface area contributed by atoms with E-state index < -0.39 is 5.54 Å². The highest BCUT2D eigenvalue weighted by atomic mass is 16.2. The van der Waals surface area contributed by atoms with E-state index in [0.717, 1.165) is 43.9 Å². The van der Waals surface area contributed by atoms with Gasteiger partial charge >= 0.3 is 0 Å². The van der Waals surface area contributed by atoms with Crippen molar-refractivity contribution in [1.29, 1.82) is 0 Å². The number of carbonyl (C=O) groups excluding carboxylic acids is 2. The van der Waals surface area contributed by atoms with Crippen LogP contribution in [0, 0.1) is 11.8 Å². The van der Waals surface area contributed by atoms with E-state index >= 15 is 0 Å². The average molecular weight is 356 g/mol. The third-order valence-electron chi connectivity index (χ3n) is 6.15. The minimum Gasteiger partial charge on any atom is -0.359 e. The molecule has 3 atom stereocenters. The first-order valence-corrected chi connectivity index (χ1v) is 9.60. The average Bonchev–Trinajstić information content (AvgIpc) is 3.10. The molecule has 0 radical (unpaired) electrons. The first kappa shape index (κ1) is 17.5. The summed E-state index contributed by atoms with van der Waals surface area (Å²) in [5.74, 6) is 0.163. The molecule has 1 spiro atoms. The number of hydrogen-bond donors (Lipinski definition) is 2. The Kier molecular flexibility index (Phi) is 4.28. The smallest absolute Gasteiger partial charge is 0.250 e. The number of para-hydroxylation sites is 1. The molecule has 1 aromatic carbocycles. The van der Waals surface area contributed by atoms with E-state index in [4.69, 9.17) is 0 Å². The maximum absolute atomic E-state index is 13.3. The van der Waals surface area contributed by atoms with Crippen LogP contribution >= 0.6 is 0 Å². The number of piperazine rings is 1. The number of fused-ring (bicyclic) bond motifs is 4.